The lowest BCUT2D eigenvalue weighted by atomic mass is 10.2. The Labute approximate surface area is 80.7 Å². The predicted molar refractivity (Wildman–Crippen MR) is 56.4 cm³/mol. The molecule has 1 N–H and O–H groups in total. The van der Waals surface area contributed by atoms with Crippen molar-refractivity contribution in [3.63, 3.8) is 0 Å². The highest BCUT2D eigenvalue weighted by atomic mass is 32.1. The van der Waals surface area contributed by atoms with Crippen LogP contribution in [0.4, 0.5) is 0 Å². The standard InChI is InChI=1S/C9H19NOS/c1-3-4-5-6-7-8-11-9(12)10-2/h3-8H2,1-2H3,(H,10,12). The molecule has 0 aliphatic carbocycles. The Morgan fingerprint density at radius 2 is 1.92 bits per heavy atom. The van der Waals surface area contributed by atoms with E-state index in [-0.39, 0.29) is 0 Å². The van der Waals surface area contributed by atoms with E-state index in [4.69, 9.17) is 17.0 Å². The second-order valence-corrected chi connectivity index (χ2v) is 3.17. The molecule has 3 heteroatoms. The predicted octanol–water partition coefficient (Wildman–Crippen LogP) is 2.48. The fourth-order valence-corrected chi connectivity index (χ4v) is 1.03. The average molecular weight is 189 g/mol. The summed E-state index contributed by atoms with van der Waals surface area (Å²) in [5.41, 5.74) is 0. The second kappa shape index (κ2) is 8.78. The van der Waals surface area contributed by atoms with Crippen LogP contribution in [0.15, 0.2) is 0 Å². The van der Waals surface area contributed by atoms with E-state index in [1.807, 2.05) is 0 Å². The smallest absolute Gasteiger partial charge is 0.256 e. The van der Waals surface area contributed by atoms with Gasteiger partial charge in [0, 0.05) is 7.05 Å². The highest BCUT2D eigenvalue weighted by Gasteiger charge is 1.92. The highest BCUT2D eigenvalue weighted by Crippen LogP contribution is 2.02. The van der Waals surface area contributed by atoms with Crippen molar-refractivity contribution in [2.24, 2.45) is 0 Å². The van der Waals surface area contributed by atoms with Gasteiger partial charge in [0.05, 0.1) is 6.61 Å². The van der Waals surface area contributed by atoms with Gasteiger partial charge >= 0.3 is 0 Å². The minimum absolute atomic E-state index is 0.505. The molecule has 0 bridgehead atoms. The molecule has 0 aromatic rings. The Morgan fingerprint density at radius 1 is 1.25 bits per heavy atom. The number of ether oxygens (including phenoxy) is 1. The fourth-order valence-electron chi connectivity index (χ4n) is 0.943. The third-order valence-electron chi connectivity index (χ3n) is 1.69. The van der Waals surface area contributed by atoms with Crippen LogP contribution in [0.1, 0.15) is 39.0 Å². The van der Waals surface area contributed by atoms with Gasteiger partial charge in [-0.15, -0.1) is 0 Å². The molecule has 0 aliphatic rings. The van der Waals surface area contributed by atoms with Crippen molar-refractivity contribution in [2.75, 3.05) is 13.7 Å². The highest BCUT2D eigenvalue weighted by molar-refractivity contribution is 7.80. The lowest BCUT2D eigenvalue weighted by Gasteiger charge is -2.05. The molecule has 0 aromatic heterocycles. The lowest BCUT2D eigenvalue weighted by Crippen LogP contribution is -2.19. The summed E-state index contributed by atoms with van der Waals surface area (Å²) in [7, 11) is 1.78. The number of hydrogen-bond acceptors (Lipinski definition) is 2. The molecule has 0 aromatic carbocycles. The van der Waals surface area contributed by atoms with Gasteiger partial charge in [-0.05, 0) is 18.6 Å². The third kappa shape index (κ3) is 7.79. The molecule has 0 radical (unpaired) electrons. The van der Waals surface area contributed by atoms with Crippen molar-refractivity contribution in [3.8, 4) is 0 Å². The quantitative estimate of drug-likeness (QED) is 0.512. The summed E-state index contributed by atoms with van der Waals surface area (Å²) in [4.78, 5) is 0. The van der Waals surface area contributed by atoms with Crippen LogP contribution in [-0.2, 0) is 4.74 Å². The first-order chi connectivity index (χ1) is 5.81. The molecule has 0 heterocycles. The molecule has 0 atom stereocenters. The van der Waals surface area contributed by atoms with Crippen LogP contribution in [0.2, 0.25) is 0 Å². The topological polar surface area (TPSA) is 21.3 Å². The van der Waals surface area contributed by atoms with Gasteiger partial charge in [-0.3, -0.25) is 0 Å². The van der Waals surface area contributed by atoms with E-state index in [9.17, 15) is 0 Å². The van der Waals surface area contributed by atoms with Gasteiger partial charge in [-0.2, -0.15) is 0 Å². The molecular formula is C9H19NOS. The Hall–Kier alpha value is -0.310. The van der Waals surface area contributed by atoms with Crippen LogP contribution in [0, 0.1) is 0 Å². The first-order valence-corrected chi connectivity index (χ1v) is 5.06. The van der Waals surface area contributed by atoms with Crippen LogP contribution in [-0.4, -0.2) is 18.8 Å². The van der Waals surface area contributed by atoms with Crippen LogP contribution < -0.4 is 5.32 Å². The molecule has 0 rings (SSSR count). The average Bonchev–Trinajstić information content (AvgIpc) is 2.10. The number of unbranched alkanes of at least 4 members (excludes halogenated alkanes) is 4. The minimum Gasteiger partial charge on any atom is -0.471 e. The summed E-state index contributed by atoms with van der Waals surface area (Å²) in [6.45, 7) is 2.97. The van der Waals surface area contributed by atoms with Gasteiger partial charge in [0.2, 0.25) is 0 Å². The molecule has 0 aliphatic heterocycles. The first kappa shape index (κ1) is 11.7. The van der Waals surface area contributed by atoms with E-state index >= 15 is 0 Å². The maximum absolute atomic E-state index is 5.19. The van der Waals surface area contributed by atoms with Crippen molar-refractivity contribution < 1.29 is 4.74 Å². The molecule has 2 nitrogen and oxygen atoms in total. The van der Waals surface area contributed by atoms with Gasteiger partial charge in [0.25, 0.3) is 5.17 Å². The molecular weight excluding hydrogens is 170 g/mol. The third-order valence-corrected chi connectivity index (χ3v) is 2.01. The normalized spacial score (nSPS) is 9.50. The van der Waals surface area contributed by atoms with Crippen LogP contribution in [0.3, 0.4) is 0 Å². The summed E-state index contributed by atoms with van der Waals surface area (Å²) in [6.07, 6.45) is 6.29. The van der Waals surface area contributed by atoms with Gasteiger partial charge in [0.15, 0.2) is 0 Å². The zero-order chi connectivity index (χ0) is 9.23. The van der Waals surface area contributed by atoms with E-state index in [1.54, 1.807) is 7.05 Å². The van der Waals surface area contributed by atoms with Gasteiger partial charge in [0.1, 0.15) is 0 Å². The molecule has 0 amide bonds. The molecule has 0 saturated carbocycles. The molecule has 12 heavy (non-hydrogen) atoms. The van der Waals surface area contributed by atoms with Crippen molar-refractivity contribution in [2.45, 2.75) is 39.0 Å². The van der Waals surface area contributed by atoms with Crippen LogP contribution in [0.25, 0.3) is 0 Å². The SMILES string of the molecule is CCCCCCCOC(=S)NC. The maximum Gasteiger partial charge on any atom is 0.256 e. The summed E-state index contributed by atoms with van der Waals surface area (Å²) >= 11 is 4.82. The Bertz CT molecular complexity index is 117. The van der Waals surface area contributed by atoms with Crippen molar-refractivity contribution in [1.29, 1.82) is 0 Å². The Kier molecular flexibility index (Phi) is 8.56. The summed E-state index contributed by atoms with van der Waals surface area (Å²) < 4.78 is 5.19. The van der Waals surface area contributed by atoms with E-state index in [0.29, 0.717) is 5.17 Å². The molecule has 72 valence electrons. The van der Waals surface area contributed by atoms with E-state index in [2.05, 4.69) is 12.2 Å². The molecule has 0 spiro atoms. The largest absolute Gasteiger partial charge is 0.471 e. The lowest BCUT2D eigenvalue weighted by molar-refractivity contribution is 0.289. The molecule has 0 saturated heterocycles. The molecule has 0 fully saturated rings. The van der Waals surface area contributed by atoms with Gasteiger partial charge < -0.3 is 10.1 Å². The fraction of sp³-hybridized carbons (Fsp3) is 0.889. The van der Waals surface area contributed by atoms with Crippen molar-refractivity contribution in [1.82, 2.24) is 5.32 Å². The maximum atomic E-state index is 5.19. The Balaban J connectivity index is 2.95. The monoisotopic (exact) mass is 189 g/mol. The van der Waals surface area contributed by atoms with Gasteiger partial charge in [-0.1, -0.05) is 32.6 Å². The molecule has 0 unspecified atom stereocenters. The number of rotatable bonds is 6. The number of nitrogens with one attached hydrogen (secondary N) is 1. The summed E-state index contributed by atoms with van der Waals surface area (Å²) in [6, 6.07) is 0. The summed E-state index contributed by atoms with van der Waals surface area (Å²) in [5.74, 6) is 0. The van der Waals surface area contributed by atoms with E-state index in [0.717, 1.165) is 13.0 Å². The van der Waals surface area contributed by atoms with Crippen molar-refractivity contribution in [3.05, 3.63) is 0 Å². The number of thiocarbonyl (C=S) groups is 1. The van der Waals surface area contributed by atoms with Gasteiger partial charge in [-0.25, -0.2) is 0 Å². The Morgan fingerprint density at radius 3 is 2.50 bits per heavy atom. The van der Waals surface area contributed by atoms with Crippen LogP contribution >= 0.6 is 12.2 Å². The summed E-state index contributed by atoms with van der Waals surface area (Å²) in [5, 5.41) is 3.28. The zero-order valence-electron chi connectivity index (χ0n) is 8.06. The van der Waals surface area contributed by atoms with Crippen molar-refractivity contribution >= 4 is 17.4 Å². The minimum atomic E-state index is 0.505. The van der Waals surface area contributed by atoms with E-state index in [1.165, 1.54) is 25.7 Å². The first-order valence-electron chi connectivity index (χ1n) is 4.65. The number of hydrogen-bond donors (Lipinski definition) is 1. The zero-order valence-corrected chi connectivity index (χ0v) is 8.88. The van der Waals surface area contributed by atoms with E-state index < -0.39 is 0 Å². The van der Waals surface area contributed by atoms with Crippen LogP contribution in [0.5, 0.6) is 0 Å². The second-order valence-electron chi connectivity index (χ2n) is 2.80.